The molecule has 0 saturated heterocycles. The molecule has 0 heteroatoms. The van der Waals surface area contributed by atoms with Crippen molar-refractivity contribution in [3.8, 4) is 0 Å². The van der Waals surface area contributed by atoms with Gasteiger partial charge in [0.1, 0.15) is 0 Å². The predicted octanol–water partition coefficient (Wildman–Crippen LogP) is 4.50. The van der Waals surface area contributed by atoms with Crippen molar-refractivity contribution in [2.45, 2.75) is 40.0 Å². The monoisotopic (exact) mass is 178 g/mol. The first kappa shape index (κ1) is 12.2. The fourth-order valence-electron chi connectivity index (χ4n) is 1.27. The van der Waals surface area contributed by atoms with Gasteiger partial charge in [-0.15, -0.1) is 0 Å². The minimum atomic E-state index is 0.634. The lowest BCUT2D eigenvalue weighted by atomic mass is 10.0. The Labute approximate surface area is 83.0 Å². The van der Waals surface area contributed by atoms with Crippen LogP contribution in [0.5, 0.6) is 0 Å². The number of unbranched alkanes of at least 4 members (excludes halogenated alkanes) is 1. The Bertz CT molecular complexity index is 182. The van der Waals surface area contributed by atoms with E-state index in [1.165, 1.54) is 18.4 Å². The highest BCUT2D eigenvalue weighted by Crippen LogP contribution is 2.11. The van der Waals surface area contributed by atoms with Gasteiger partial charge in [-0.05, 0) is 32.1 Å². The van der Waals surface area contributed by atoms with E-state index in [1.807, 2.05) is 6.08 Å². The highest BCUT2D eigenvalue weighted by atomic mass is 14.0. The molecular formula is C13H22. The molecule has 0 aliphatic rings. The molecular weight excluding hydrogens is 156 g/mol. The molecule has 13 heavy (non-hydrogen) atoms. The number of hydrogen-bond acceptors (Lipinski definition) is 0. The van der Waals surface area contributed by atoms with E-state index < -0.39 is 0 Å². The van der Waals surface area contributed by atoms with Crippen LogP contribution in [0.4, 0.5) is 0 Å². The van der Waals surface area contributed by atoms with E-state index in [1.54, 1.807) is 0 Å². The van der Waals surface area contributed by atoms with E-state index in [-0.39, 0.29) is 0 Å². The molecule has 0 unspecified atom stereocenters. The Morgan fingerprint density at radius 2 is 2.08 bits per heavy atom. The Kier molecular flexibility index (Phi) is 7.38. The van der Waals surface area contributed by atoms with Gasteiger partial charge >= 0.3 is 0 Å². The van der Waals surface area contributed by atoms with Gasteiger partial charge in [-0.3, -0.25) is 0 Å². The zero-order chi connectivity index (χ0) is 10.1. The van der Waals surface area contributed by atoms with Gasteiger partial charge in [-0.1, -0.05) is 50.3 Å². The summed E-state index contributed by atoms with van der Waals surface area (Å²) in [5, 5.41) is 0. The lowest BCUT2D eigenvalue weighted by Gasteiger charge is -2.02. The summed E-state index contributed by atoms with van der Waals surface area (Å²) >= 11 is 0. The molecule has 0 fully saturated rings. The Morgan fingerprint density at radius 1 is 1.38 bits per heavy atom. The molecule has 0 heterocycles. The average Bonchev–Trinajstić information content (AvgIpc) is 2.09. The van der Waals surface area contributed by atoms with E-state index in [4.69, 9.17) is 0 Å². The molecule has 0 nitrogen and oxygen atoms in total. The molecule has 0 aromatic carbocycles. The van der Waals surface area contributed by atoms with Crippen LogP contribution in [-0.4, -0.2) is 0 Å². The molecule has 0 aromatic rings. The van der Waals surface area contributed by atoms with Gasteiger partial charge in [0.05, 0.1) is 0 Å². The molecule has 0 radical (unpaired) electrons. The van der Waals surface area contributed by atoms with Gasteiger partial charge in [-0.2, -0.15) is 0 Å². The first-order valence-corrected chi connectivity index (χ1v) is 5.15. The van der Waals surface area contributed by atoms with Crippen molar-refractivity contribution in [1.82, 2.24) is 0 Å². The minimum absolute atomic E-state index is 0.634. The van der Waals surface area contributed by atoms with Gasteiger partial charge in [0, 0.05) is 0 Å². The maximum Gasteiger partial charge on any atom is -0.0279 e. The average molecular weight is 178 g/mol. The van der Waals surface area contributed by atoms with Crippen molar-refractivity contribution in [2.24, 2.45) is 5.92 Å². The fraction of sp³-hybridized carbons (Fsp3) is 0.538. The van der Waals surface area contributed by atoms with Crippen molar-refractivity contribution in [3.05, 3.63) is 36.5 Å². The third-order valence-corrected chi connectivity index (χ3v) is 1.88. The van der Waals surface area contributed by atoms with Crippen LogP contribution in [-0.2, 0) is 0 Å². The highest BCUT2D eigenvalue weighted by Gasteiger charge is 1.93. The molecule has 0 atom stereocenters. The molecule has 0 aliphatic carbocycles. The molecule has 0 bridgehead atoms. The van der Waals surface area contributed by atoms with Crippen LogP contribution in [0.15, 0.2) is 36.5 Å². The second-order valence-corrected chi connectivity index (χ2v) is 3.65. The van der Waals surface area contributed by atoms with E-state index in [0.717, 1.165) is 6.42 Å². The Morgan fingerprint density at radius 3 is 2.54 bits per heavy atom. The van der Waals surface area contributed by atoms with Crippen LogP contribution in [0.1, 0.15) is 40.0 Å². The van der Waals surface area contributed by atoms with Gasteiger partial charge in [0.15, 0.2) is 0 Å². The summed E-state index contributed by atoms with van der Waals surface area (Å²) in [7, 11) is 0. The summed E-state index contributed by atoms with van der Waals surface area (Å²) in [6.07, 6.45) is 12.2. The van der Waals surface area contributed by atoms with Gasteiger partial charge < -0.3 is 0 Å². The maximum atomic E-state index is 3.83. The van der Waals surface area contributed by atoms with Crippen molar-refractivity contribution in [2.75, 3.05) is 0 Å². The highest BCUT2D eigenvalue weighted by molar-refractivity contribution is 5.16. The molecule has 0 saturated carbocycles. The normalized spacial score (nSPS) is 12.8. The molecule has 0 N–H and O–H groups in total. The quantitative estimate of drug-likeness (QED) is 0.319. The standard InChI is InChI=1S/C13H22/c1-5-7-8-9-10-13(6-2)11-12(3)4/h5-7,11-12H,2,8-10H2,1,3-4H3/b7-5+,13-11?. The van der Waals surface area contributed by atoms with Crippen LogP contribution >= 0.6 is 0 Å². The lowest BCUT2D eigenvalue weighted by molar-refractivity contribution is 0.791. The molecule has 74 valence electrons. The summed E-state index contributed by atoms with van der Waals surface area (Å²) in [5.41, 5.74) is 1.39. The zero-order valence-electron chi connectivity index (χ0n) is 9.22. The summed E-state index contributed by atoms with van der Waals surface area (Å²) in [6.45, 7) is 10.3. The van der Waals surface area contributed by atoms with Crippen LogP contribution < -0.4 is 0 Å². The van der Waals surface area contributed by atoms with E-state index in [0.29, 0.717) is 5.92 Å². The van der Waals surface area contributed by atoms with Crippen molar-refractivity contribution >= 4 is 0 Å². The summed E-state index contributed by atoms with van der Waals surface area (Å²) in [5.74, 6) is 0.634. The fourth-order valence-corrected chi connectivity index (χ4v) is 1.27. The summed E-state index contributed by atoms with van der Waals surface area (Å²) < 4.78 is 0. The largest absolute Gasteiger partial charge is 0.0988 e. The van der Waals surface area contributed by atoms with E-state index in [2.05, 4.69) is 45.6 Å². The number of rotatable bonds is 6. The molecule has 0 amide bonds. The van der Waals surface area contributed by atoms with Crippen molar-refractivity contribution in [3.63, 3.8) is 0 Å². The van der Waals surface area contributed by atoms with E-state index in [9.17, 15) is 0 Å². The predicted molar refractivity (Wildman–Crippen MR) is 61.8 cm³/mol. The van der Waals surface area contributed by atoms with Crippen LogP contribution in [0.2, 0.25) is 0 Å². The summed E-state index contributed by atoms with van der Waals surface area (Å²) in [6, 6.07) is 0. The van der Waals surface area contributed by atoms with E-state index >= 15 is 0 Å². The first-order chi connectivity index (χ1) is 6.20. The molecule has 0 rings (SSSR count). The van der Waals surface area contributed by atoms with Gasteiger partial charge in [0.25, 0.3) is 0 Å². The maximum absolute atomic E-state index is 3.83. The topological polar surface area (TPSA) is 0 Å². The second kappa shape index (κ2) is 7.85. The second-order valence-electron chi connectivity index (χ2n) is 3.65. The van der Waals surface area contributed by atoms with Gasteiger partial charge in [-0.25, -0.2) is 0 Å². The number of allylic oxidation sites excluding steroid dienone is 5. The van der Waals surface area contributed by atoms with Crippen LogP contribution in [0.25, 0.3) is 0 Å². The molecule has 0 aromatic heterocycles. The van der Waals surface area contributed by atoms with Crippen molar-refractivity contribution in [1.29, 1.82) is 0 Å². The van der Waals surface area contributed by atoms with Crippen molar-refractivity contribution < 1.29 is 0 Å². The third-order valence-electron chi connectivity index (χ3n) is 1.88. The lowest BCUT2D eigenvalue weighted by Crippen LogP contribution is -1.85. The molecule has 0 aliphatic heterocycles. The SMILES string of the molecule is C=CC(=CC(C)C)CCC/C=C/C. The third kappa shape index (κ3) is 7.58. The zero-order valence-corrected chi connectivity index (χ0v) is 9.22. The molecule has 0 spiro atoms. The van der Waals surface area contributed by atoms with Crippen LogP contribution in [0.3, 0.4) is 0 Å². The number of hydrogen-bond donors (Lipinski definition) is 0. The van der Waals surface area contributed by atoms with Gasteiger partial charge in [0.2, 0.25) is 0 Å². The Hall–Kier alpha value is -0.780. The minimum Gasteiger partial charge on any atom is -0.0988 e. The first-order valence-electron chi connectivity index (χ1n) is 5.15. The Balaban J connectivity index is 3.79. The smallest absolute Gasteiger partial charge is 0.0279 e. The van der Waals surface area contributed by atoms with Crippen LogP contribution in [0, 0.1) is 5.92 Å². The summed E-state index contributed by atoms with van der Waals surface area (Å²) in [4.78, 5) is 0.